The summed E-state index contributed by atoms with van der Waals surface area (Å²) in [6.07, 6.45) is 5.86. The van der Waals surface area contributed by atoms with Gasteiger partial charge in [0.15, 0.2) is 0 Å². The van der Waals surface area contributed by atoms with Crippen molar-refractivity contribution in [3.63, 3.8) is 0 Å². The van der Waals surface area contributed by atoms with Crippen LogP contribution in [-0.2, 0) is 0 Å². The molecule has 0 radical (unpaired) electrons. The van der Waals surface area contributed by atoms with Gasteiger partial charge in [-0.05, 0) is 19.3 Å². The number of nitrogens with one attached hydrogen (secondary N) is 1. The van der Waals surface area contributed by atoms with Crippen LogP contribution in [-0.4, -0.2) is 36.1 Å². The van der Waals surface area contributed by atoms with Crippen LogP contribution in [0.15, 0.2) is 0 Å². The lowest BCUT2D eigenvalue weighted by atomic mass is 9.91. The summed E-state index contributed by atoms with van der Waals surface area (Å²) in [6, 6.07) is 2.73. The Labute approximate surface area is 68.0 Å². The predicted octanol–water partition coefficient (Wildman–Crippen LogP) is 0.585. The Morgan fingerprint density at radius 1 is 1.18 bits per heavy atom. The van der Waals surface area contributed by atoms with Gasteiger partial charge in [0.05, 0.1) is 0 Å². The van der Waals surface area contributed by atoms with E-state index in [1.807, 2.05) is 0 Å². The first-order chi connectivity index (χ1) is 5.43. The van der Waals surface area contributed by atoms with Gasteiger partial charge >= 0.3 is 0 Å². The molecule has 2 atom stereocenters. The number of rotatable bonds is 1. The minimum Gasteiger partial charge on any atom is -0.311 e. The van der Waals surface area contributed by atoms with Gasteiger partial charge in [-0.2, -0.15) is 0 Å². The van der Waals surface area contributed by atoms with E-state index in [2.05, 4.69) is 10.2 Å². The zero-order valence-corrected chi connectivity index (χ0v) is 6.92. The molecule has 2 heterocycles. The van der Waals surface area contributed by atoms with E-state index in [0.717, 1.165) is 18.1 Å². The third-order valence-electron chi connectivity index (χ3n) is 3.64. The molecule has 1 saturated carbocycles. The standard InChI is InChI=1S/C9H16N2/c1-2-8(3-1)11-6-7-4-9(11)5-10-7/h7-10H,1-6H2. The van der Waals surface area contributed by atoms with Gasteiger partial charge < -0.3 is 5.32 Å². The first-order valence-electron chi connectivity index (χ1n) is 4.92. The Morgan fingerprint density at radius 2 is 2.09 bits per heavy atom. The predicted molar refractivity (Wildman–Crippen MR) is 44.5 cm³/mol. The fourth-order valence-corrected chi connectivity index (χ4v) is 2.76. The molecule has 2 unspecified atom stereocenters. The van der Waals surface area contributed by atoms with Gasteiger partial charge in [-0.25, -0.2) is 0 Å². The zero-order valence-electron chi connectivity index (χ0n) is 6.92. The van der Waals surface area contributed by atoms with E-state index in [9.17, 15) is 0 Å². The van der Waals surface area contributed by atoms with Crippen LogP contribution in [0.3, 0.4) is 0 Å². The molecule has 1 N–H and O–H groups in total. The molecule has 3 rings (SSSR count). The second-order valence-electron chi connectivity index (χ2n) is 4.28. The Morgan fingerprint density at radius 3 is 2.55 bits per heavy atom. The van der Waals surface area contributed by atoms with Gasteiger partial charge in [-0.1, -0.05) is 6.42 Å². The molecule has 3 fully saturated rings. The molecule has 0 amide bonds. The summed E-state index contributed by atoms with van der Waals surface area (Å²) in [5.41, 5.74) is 0. The summed E-state index contributed by atoms with van der Waals surface area (Å²) in [7, 11) is 0. The average Bonchev–Trinajstić information content (AvgIpc) is 2.42. The van der Waals surface area contributed by atoms with E-state index >= 15 is 0 Å². The number of fused-ring (bicyclic) bond motifs is 2. The number of likely N-dealkylation sites (tertiary alicyclic amines) is 1. The van der Waals surface area contributed by atoms with Crippen molar-refractivity contribution in [2.45, 2.75) is 43.8 Å². The van der Waals surface area contributed by atoms with Crippen LogP contribution in [0, 0.1) is 0 Å². The minimum absolute atomic E-state index is 0.848. The third-order valence-corrected chi connectivity index (χ3v) is 3.64. The second-order valence-corrected chi connectivity index (χ2v) is 4.28. The quantitative estimate of drug-likeness (QED) is 0.591. The summed E-state index contributed by atoms with van der Waals surface area (Å²) in [5, 5.41) is 3.55. The smallest absolute Gasteiger partial charge is 0.0239 e. The Kier molecular flexibility index (Phi) is 1.29. The number of nitrogens with zero attached hydrogens (tertiary/aromatic N) is 1. The molecule has 0 aromatic carbocycles. The van der Waals surface area contributed by atoms with Crippen LogP contribution in [0.4, 0.5) is 0 Å². The fraction of sp³-hybridized carbons (Fsp3) is 1.00. The maximum Gasteiger partial charge on any atom is 0.0239 e. The number of hydrogen-bond donors (Lipinski definition) is 1. The molecule has 0 aromatic rings. The largest absolute Gasteiger partial charge is 0.311 e. The topological polar surface area (TPSA) is 15.3 Å². The summed E-state index contributed by atoms with van der Waals surface area (Å²) in [4.78, 5) is 2.75. The molecule has 2 saturated heterocycles. The molecule has 3 aliphatic rings. The monoisotopic (exact) mass is 152 g/mol. The molecule has 0 aromatic heterocycles. The van der Waals surface area contributed by atoms with Crippen LogP contribution >= 0.6 is 0 Å². The van der Waals surface area contributed by atoms with Crippen molar-refractivity contribution in [1.29, 1.82) is 0 Å². The van der Waals surface area contributed by atoms with Crippen LogP contribution in [0.25, 0.3) is 0 Å². The molecule has 11 heavy (non-hydrogen) atoms. The first kappa shape index (κ1) is 6.44. The van der Waals surface area contributed by atoms with E-state index in [-0.39, 0.29) is 0 Å². The van der Waals surface area contributed by atoms with Crippen molar-refractivity contribution in [3.05, 3.63) is 0 Å². The lowest BCUT2D eigenvalue weighted by molar-refractivity contribution is 0.100. The highest BCUT2D eigenvalue weighted by molar-refractivity contribution is 5.01. The molecule has 2 heteroatoms. The lowest BCUT2D eigenvalue weighted by Crippen LogP contribution is -2.50. The van der Waals surface area contributed by atoms with Crippen molar-refractivity contribution in [2.75, 3.05) is 13.1 Å². The maximum atomic E-state index is 3.55. The van der Waals surface area contributed by atoms with Crippen LogP contribution in [0.5, 0.6) is 0 Å². The molecule has 62 valence electrons. The number of piperazine rings is 1. The summed E-state index contributed by atoms with van der Waals surface area (Å²) >= 11 is 0. The van der Waals surface area contributed by atoms with E-state index in [4.69, 9.17) is 0 Å². The first-order valence-corrected chi connectivity index (χ1v) is 4.92. The van der Waals surface area contributed by atoms with Gasteiger partial charge in [0.2, 0.25) is 0 Å². The fourth-order valence-electron chi connectivity index (χ4n) is 2.76. The maximum absolute atomic E-state index is 3.55. The average molecular weight is 152 g/mol. The lowest BCUT2D eigenvalue weighted by Gasteiger charge is -2.40. The highest BCUT2D eigenvalue weighted by atomic mass is 15.3. The van der Waals surface area contributed by atoms with Crippen molar-refractivity contribution in [3.8, 4) is 0 Å². The molecular formula is C9H16N2. The van der Waals surface area contributed by atoms with Crippen LogP contribution in [0.2, 0.25) is 0 Å². The van der Waals surface area contributed by atoms with E-state index in [1.165, 1.54) is 38.8 Å². The van der Waals surface area contributed by atoms with Crippen molar-refractivity contribution < 1.29 is 0 Å². The Balaban J connectivity index is 1.70. The van der Waals surface area contributed by atoms with Gasteiger partial charge in [0.25, 0.3) is 0 Å². The second kappa shape index (κ2) is 2.20. The molecule has 2 aliphatic heterocycles. The van der Waals surface area contributed by atoms with Crippen molar-refractivity contribution in [2.24, 2.45) is 0 Å². The van der Waals surface area contributed by atoms with Crippen LogP contribution in [0.1, 0.15) is 25.7 Å². The van der Waals surface area contributed by atoms with E-state index < -0.39 is 0 Å². The highest BCUT2D eigenvalue weighted by Crippen LogP contribution is 2.33. The third kappa shape index (κ3) is 0.859. The molecule has 0 spiro atoms. The summed E-state index contributed by atoms with van der Waals surface area (Å²) in [6.45, 7) is 2.61. The van der Waals surface area contributed by atoms with Gasteiger partial charge in [-0.3, -0.25) is 4.90 Å². The molecular weight excluding hydrogens is 136 g/mol. The van der Waals surface area contributed by atoms with Gasteiger partial charge in [0.1, 0.15) is 0 Å². The molecule has 1 aliphatic carbocycles. The number of hydrogen-bond acceptors (Lipinski definition) is 2. The normalized spacial score (nSPS) is 44.7. The van der Waals surface area contributed by atoms with Gasteiger partial charge in [-0.15, -0.1) is 0 Å². The van der Waals surface area contributed by atoms with Crippen molar-refractivity contribution >= 4 is 0 Å². The highest BCUT2D eigenvalue weighted by Gasteiger charge is 2.42. The van der Waals surface area contributed by atoms with Crippen molar-refractivity contribution in [1.82, 2.24) is 10.2 Å². The van der Waals surface area contributed by atoms with Crippen LogP contribution < -0.4 is 5.32 Å². The Bertz CT molecular complexity index is 165. The SMILES string of the molecule is C1CC(N2CC3CC2CN3)C1. The Hall–Kier alpha value is -0.0800. The molecule has 2 bridgehead atoms. The summed E-state index contributed by atoms with van der Waals surface area (Å²) < 4.78 is 0. The summed E-state index contributed by atoms with van der Waals surface area (Å²) in [5.74, 6) is 0. The van der Waals surface area contributed by atoms with Gasteiger partial charge in [0, 0.05) is 31.2 Å². The van der Waals surface area contributed by atoms with E-state index in [0.29, 0.717) is 0 Å². The zero-order chi connectivity index (χ0) is 7.26. The minimum atomic E-state index is 0.848. The molecule has 2 nitrogen and oxygen atoms in total. The van der Waals surface area contributed by atoms with E-state index in [1.54, 1.807) is 0 Å².